The van der Waals surface area contributed by atoms with Crippen molar-refractivity contribution in [3.63, 3.8) is 0 Å². The maximum Gasteiger partial charge on any atom is 0.343 e. The fraction of sp³-hybridized carbons (Fsp3) is 0.440. The van der Waals surface area contributed by atoms with Gasteiger partial charge < -0.3 is 39.5 Å². The summed E-state index contributed by atoms with van der Waals surface area (Å²) in [6, 6.07) is 18.5. The minimum absolute atomic E-state index is 0.0366. The molecule has 10 rings (SSSR count). The molecule has 352 valence electrons. The molecule has 5 aromatic rings. The normalized spacial score (nSPS) is 21.7. The van der Waals surface area contributed by atoms with Crippen LogP contribution < -0.4 is 20.7 Å². The summed E-state index contributed by atoms with van der Waals surface area (Å²) in [5, 5.41) is 44.6. The lowest BCUT2D eigenvalue weighted by Gasteiger charge is -2.39. The van der Waals surface area contributed by atoms with Crippen LogP contribution in [0, 0.1) is 17.2 Å². The number of fused-ring (bicyclic) bond motifs is 5. The largest absolute Gasteiger partial charge is 0.508 e. The number of aliphatic hydroxyl groups is 1. The minimum Gasteiger partial charge on any atom is -0.508 e. The molecule has 2 amide bonds. The molecule has 3 fully saturated rings. The fourth-order valence-corrected chi connectivity index (χ4v) is 11.0. The minimum atomic E-state index is -1.91. The predicted molar refractivity (Wildman–Crippen MR) is 253 cm³/mol. The van der Waals surface area contributed by atoms with Crippen LogP contribution in [0.4, 0.5) is 11.5 Å². The molecule has 5 aliphatic rings. The molecule has 0 unspecified atom stereocenters. The first-order valence-corrected chi connectivity index (χ1v) is 23.9. The number of cyclic esters (lactones) is 1. The van der Waals surface area contributed by atoms with Gasteiger partial charge in [0.1, 0.15) is 18.4 Å². The number of nitriles is 1. The number of hydrogen-bond acceptors (Lipinski definition) is 14. The van der Waals surface area contributed by atoms with Crippen LogP contribution in [0.3, 0.4) is 0 Å². The highest BCUT2D eigenvalue weighted by atomic mass is 35.5. The van der Waals surface area contributed by atoms with Gasteiger partial charge >= 0.3 is 5.97 Å². The van der Waals surface area contributed by atoms with E-state index in [2.05, 4.69) is 36.3 Å². The molecular weight excluding hydrogens is 888 g/mol. The molecule has 0 radical (unpaired) electrons. The van der Waals surface area contributed by atoms with E-state index in [0.717, 1.165) is 47.9 Å². The maximum atomic E-state index is 13.8. The molecule has 68 heavy (non-hydrogen) atoms. The van der Waals surface area contributed by atoms with E-state index in [1.807, 2.05) is 36.2 Å². The molecule has 1 saturated carbocycles. The zero-order chi connectivity index (χ0) is 47.4. The molecule has 1 atom stereocenters. The average Bonchev–Trinajstić information content (AvgIpc) is 3.73. The lowest BCUT2D eigenvalue weighted by Crippen LogP contribution is -2.51. The molecule has 2 saturated heterocycles. The van der Waals surface area contributed by atoms with Crippen molar-refractivity contribution in [1.82, 2.24) is 34.9 Å². The van der Waals surface area contributed by atoms with Crippen LogP contribution in [-0.4, -0.2) is 116 Å². The molecule has 7 heterocycles. The number of piperidine rings is 1. The number of aromatic hydroxyl groups is 1. The second kappa shape index (κ2) is 18.1. The van der Waals surface area contributed by atoms with Crippen LogP contribution in [0.25, 0.3) is 22.3 Å². The number of nitrogens with zero attached hydrogens (tertiary/aromatic N) is 9. The number of carbonyl (C=O) groups is 3. The summed E-state index contributed by atoms with van der Waals surface area (Å²) in [6.45, 7) is 5.89. The Kier molecular flexibility index (Phi) is 12.0. The maximum absolute atomic E-state index is 13.8. The third-order valence-electron chi connectivity index (χ3n) is 15.0. The number of pyridine rings is 2. The van der Waals surface area contributed by atoms with Crippen molar-refractivity contribution in [1.29, 1.82) is 5.26 Å². The summed E-state index contributed by atoms with van der Waals surface area (Å²) < 4.78 is 6.81. The molecule has 3 N–H and O–H groups in total. The quantitative estimate of drug-likeness (QED) is 0.166. The van der Waals surface area contributed by atoms with Crippen molar-refractivity contribution >= 4 is 51.8 Å². The summed E-state index contributed by atoms with van der Waals surface area (Å²) in [5.74, 6) is -0.138. The van der Waals surface area contributed by atoms with Crippen molar-refractivity contribution in [3.8, 4) is 23.2 Å². The van der Waals surface area contributed by atoms with Gasteiger partial charge in [-0.3, -0.25) is 19.3 Å². The Hall–Kier alpha value is -6.61. The number of piperazine rings is 1. The second-order valence-corrected chi connectivity index (χ2v) is 19.1. The summed E-state index contributed by atoms with van der Waals surface area (Å²) in [6.07, 6.45) is 4.89. The number of nitrogens with one attached hydrogen (secondary N) is 1. The van der Waals surface area contributed by atoms with Gasteiger partial charge in [0.05, 0.1) is 39.6 Å². The van der Waals surface area contributed by atoms with Crippen LogP contribution in [0.5, 0.6) is 5.75 Å². The lowest BCUT2D eigenvalue weighted by molar-refractivity contribution is -0.172. The molecule has 0 bridgehead atoms. The number of amides is 2. The Balaban J connectivity index is 0.702. The molecule has 2 aromatic carbocycles. The number of phenols is 1. The van der Waals surface area contributed by atoms with Gasteiger partial charge in [0.15, 0.2) is 17.1 Å². The van der Waals surface area contributed by atoms with Crippen LogP contribution >= 0.6 is 11.6 Å². The Bertz CT molecular complexity index is 2930. The van der Waals surface area contributed by atoms with E-state index in [1.54, 1.807) is 41.8 Å². The number of anilines is 2. The zero-order valence-corrected chi connectivity index (χ0v) is 38.8. The summed E-state index contributed by atoms with van der Waals surface area (Å²) >= 11 is 6.28. The smallest absolute Gasteiger partial charge is 0.343 e. The molecule has 3 aromatic heterocycles. The van der Waals surface area contributed by atoms with Gasteiger partial charge in [0, 0.05) is 98.6 Å². The van der Waals surface area contributed by atoms with Crippen molar-refractivity contribution < 1.29 is 29.3 Å². The van der Waals surface area contributed by atoms with Crippen LogP contribution in [-0.2, 0) is 39.6 Å². The van der Waals surface area contributed by atoms with Gasteiger partial charge in [-0.05, 0) is 99.5 Å². The van der Waals surface area contributed by atoms with Gasteiger partial charge in [0.25, 0.3) is 11.5 Å². The Morgan fingerprint density at radius 3 is 2.43 bits per heavy atom. The Morgan fingerprint density at radius 2 is 1.74 bits per heavy atom. The van der Waals surface area contributed by atoms with Crippen molar-refractivity contribution in [2.45, 2.75) is 89.3 Å². The third-order valence-corrected chi connectivity index (χ3v) is 15.3. The van der Waals surface area contributed by atoms with Crippen LogP contribution in [0.15, 0.2) is 59.4 Å². The molecule has 1 aliphatic carbocycles. The Labute approximate surface area is 397 Å². The highest BCUT2D eigenvalue weighted by Crippen LogP contribution is 2.40. The predicted octanol–water partition coefficient (Wildman–Crippen LogP) is 4.84. The molecule has 17 nitrogen and oxygen atoms in total. The highest BCUT2D eigenvalue weighted by Gasteiger charge is 2.45. The fourth-order valence-electron chi connectivity index (χ4n) is 10.7. The summed E-state index contributed by atoms with van der Waals surface area (Å²) in [5.41, 5.74) is 3.27. The van der Waals surface area contributed by atoms with Crippen LogP contribution in [0.2, 0.25) is 5.02 Å². The SMILES string of the molecule is CC[C@@]1(O)C(=O)OCc2c1cc1n(c2=O)Cc2cc3c(CN4CCN(C(=O)C5CCN(c6ccc(C(=O)N[C@H]7CC[C@H](N(C)c8ccc(C#N)c(Cl)c8)CC7)nn6)CC5)CC4)c(O)ccc3nc2-1. The molecule has 0 spiro atoms. The number of rotatable bonds is 9. The summed E-state index contributed by atoms with van der Waals surface area (Å²) in [4.78, 5) is 66.7. The topological polar surface area (TPSA) is 210 Å². The van der Waals surface area contributed by atoms with E-state index in [0.29, 0.717) is 98.0 Å². The van der Waals surface area contributed by atoms with E-state index >= 15 is 0 Å². The summed E-state index contributed by atoms with van der Waals surface area (Å²) in [7, 11) is 2.03. The lowest BCUT2D eigenvalue weighted by atomic mass is 9.86. The number of esters is 1. The first kappa shape index (κ1) is 45.2. The first-order valence-electron chi connectivity index (χ1n) is 23.5. The van der Waals surface area contributed by atoms with Gasteiger partial charge in [0.2, 0.25) is 5.91 Å². The van der Waals surface area contributed by atoms with Crippen molar-refractivity contribution in [3.05, 3.63) is 103 Å². The van der Waals surface area contributed by atoms with Gasteiger partial charge in [-0.15, -0.1) is 10.2 Å². The van der Waals surface area contributed by atoms with Gasteiger partial charge in [-0.25, -0.2) is 9.78 Å². The van der Waals surface area contributed by atoms with Crippen molar-refractivity contribution in [2.75, 3.05) is 56.1 Å². The molecule has 18 heteroatoms. The number of ether oxygens (including phenoxy) is 1. The number of benzene rings is 2. The number of aromatic nitrogens is 4. The monoisotopic (exact) mass is 940 g/mol. The van der Waals surface area contributed by atoms with Crippen molar-refractivity contribution in [2.24, 2.45) is 5.92 Å². The number of halogens is 1. The first-order chi connectivity index (χ1) is 32.8. The van der Waals surface area contributed by atoms with E-state index in [9.17, 15) is 34.7 Å². The highest BCUT2D eigenvalue weighted by molar-refractivity contribution is 6.32. The second-order valence-electron chi connectivity index (χ2n) is 18.7. The zero-order valence-electron chi connectivity index (χ0n) is 38.1. The molecule has 4 aliphatic heterocycles. The van der Waals surface area contributed by atoms with E-state index < -0.39 is 11.6 Å². The van der Waals surface area contributed by atoms with Crippen LogP contribution in [0.1, 0.15) is 90.2 Å². The third kappa shape index (κ3) is 8.17. The molecular formula is C50H53ClN10O7. The standard InChI is InChI=1S/C50H53ClN10O7/c1-3-50(67)38-24-42-45-31(26-61(42)48(65)37(38)28-68-49(50)66)22-35-36(43(62)12-10-40(35)54-45)27-58-18-20-60(21-19-58)47(64)29-14-16-59(17-15-29)44-13-11-41(55-56-44)46(63)53-32-5-8-33(9-6-32)57(2)34-7-4-30(25-52)39(51)23-34/h4,7,10-13,22-24,29,32-33,62,67H,3,5-6,8-9,14-21,26-28H2,1-2H3,(H,53,63)/t32-,33-,50-/m0/s1. The van der Waals surface area contributed by atoms with Gasteiger partial charge in [-0.2, -0.15) is 5.26 Å². The van der Waals surface area contributed by atoms with Gasteiger partial charge in [-0.1, -0.05) is 18.5 Å². The number of phenolic OH excluding ortho intramolecular Hbond substituents is 1. The number of carbonyl (C=O) groups excluding carboxylic acids is 3. The number of hydrogen-bond donors (Lipinski definition) is 3. The van der Waals surface area contributed by atoms with E-state index in [1.165, 1.54) is 0 Å². The van der Waals surface area contributed by atoms with E-state index in [-0.39, 0.29) is 71.5 Å². The average molecular weight is 941 g/mol. The van der Waals surface area contributed by atoms with E-state index in [4.69, 9.17) is 21.3 Å². The Morgan fingerprint density at radius 1 is 0.971 bits per heavy atom.